The van der Waals surface area contributed by atoms with Gasteiger partial charge in [0.05, 0.1) is 17.2 Å². The van der Waals surface area contributed by atoms with Gasteiger partial charge in [0.25, 0.3) is 0 Å². The summed E-state index contributed by atoms with van der Waals surface area (Å²) in [5.74, 6) is -5.05. The molecule has 6 nitrogen and oxygen atoms in total. The van der Waals surface area contributed by atoms with Gasteiger partial charge in [0.1, 0.15) is 0 Å². The number of carbonyl (C=O) groups excluding carboxylic acids is 1. The average molecular weight is 267 g/mol. The second kappa shape index (κ2) is 4.68. The van der Waals surface area contributed by atoms with Crippen molar-refractivity contribution in [1.82, 2.24) is 0 Å². The summed E-state index contributed by atoms with van der Waals surface area (Å²) >= 11 is 0. The molecule has 1 heterocycles. The Bertz CT molecular complexity index is 571. The lowest BCUT2D eigenvalue weighted by atomic mass is 10.1. The minimum absolute atomic E-state index is 0.159. The zero-order valence-corrected chi connectivity index (χ0v) is 9.67. The summed E-state index contributed by atoms with van der Waals surface area (Å²) in [6, 6.07) is 3.64. The molecule has 2 N–H and O–H groups in total. The number of amides is 1. The van der Waals surface area contributed by atoms with Crippen molar-refractivity contribution in [3.05, 3.63) is 29.6 Å². The highest BCUT2D eigenvalue weighted by molar-refractivity contribution is 6.00. The van der Waals surface area contributed by atoms with Gasteiger partial charge in [0.15, 0.2) is 5.82 Å². The number of anilines is 1. The number of carboxylic acids is 2. The topological polar surface area (TPSA) is 94.9 Å². The first-order valence-electron chi connectivity index (χ1n) is 5.46. The fraction of sp³-hybridized carbons (Fsp3) is 0.250. The first-order chi connectivity index (χ1) is 8.91. The van der Waals surface area contributed by atoms with Crippen molar-refractivity contribution in [3.8, 4) is 0 Å². The Morgan fingerprint density at radius 3 is 2.53 bits per heavy atom. The summed E-state index contributed by atoms with van der Waals surface area (Å²) in [7, 11) is 0. The van der Waals surface area contributed by atoms with Crippen LogP contribution in [0.15, 0.2) is 18.2 Å². The number of rotatable bonds is 3. The van der Waals surface area contributed by atoms with Crippen molar-refractivity contribution in [2.75, 3.05) is 11.4 Å². The summed E-state index contributed by atoms with van der Waals surface area (Å²) in [6.45, 7) is -0.159. The Labute approximate surface area is 107 Å². The van der Waals surface area contributed by atoms with Gasteiger partial charge in [-0.25, -0.2) is 9.18 Å². The van der Waals surface area contributed by atoms with Crippen LogP contribution >= 0.6 is 0 Å². The molecule has 0 aromatic heterocycles. The molecule has 0 bridgehead atoms. The van der Waals surface area contributed by atoms with Crippen LogP contribution in [-0.4, -0.2) is 34.6 Å². The Balaban J connectivity index is 2.38. The van der Waals surface area contributed by atoms with Gasteiger partial charge in [-0.1, -0.05) is 6.07 Å². The maximum absolute atomic E-state index is 14.0. The van der Waals surface area contributed by atoms with Crippen molar-refractivity contribution in [2.45, 2.75) is 6.42 Å². The molecular formula is C12H10FNO5. The molecule has 19 heavy (non-hydrogen) atoms. The highest BCUT2D eigenvalue weighted by atomic mass is 19.1. The fourth-order valence-electron chi connectivity index (χ4n) is 2.00. The number of halogens is 1. The van der Waals surface area contributed by atoms with Crippen LogP contribution in [0.5, 0.6) is 0 Å². The molecule has 7 heteroatoms. The van der Waals surface area contributed by atoms with E-state index >= 15 is 0 Å². The lowest BCUT2D eigenvalue weighted by Gasteiger charge is -2.17. The molecule has 1 aliphatic heterocycles. The SMILES string of the molecule is O=C(O)c1cccc(N2CC(C(=O)O)CC2=O)c1F. The van der Waals surface area contributed by atoms with E-state index in [0.717, 1.165) is 11.0 Å². The molecule has 1 aromatic rings. The van der Waals surface area contributed by atoms with Crippen LogP contribution < -0.4 is 4.90 Å². The smallest absolute Gasteiger partial charge is 0.338 e. The van der Waals surface area contributed by atoms with Gasteiger partial charge in [-0.05, 0) is 12.1 Å². The van der Waals surface area contributed by atoms with Crippen molar-refractivity contribution < 1.29 is 29.0 Å². The van der Waals surface area contributed by atoms with Crippen molar-refractivity contribution >= 4 is 23.5 Å². The van der Waals surface area contributed by atoms with Crippen LogP contribution in [0.3, 0.4) is 0 Å². The van der Waals surface area contributed by atoms with E-state index in [9.17, 15) is 18.8 Å². The molecule has 1 saturated heterocycles. The summed E-state index contributed by atoms with van der Waals surface area (Å²) in [4.78, 5) is 34.3. The van der Waals surface area contributed by atoms with E-state index in [1.165, 1.54) is 12.1 Å². The number of aromatic carboxylic acids is 1. The van der Waals surface area contributed by atoms with E-state index in [2.05, 4.69) is 0 Å². The zero-order chi connectivity index (χ0) is 14.2. The van der Waals surface area contributed by atoms with Gasteiger partial charge in [0.2, 0.25) is 5.91 Å². The molecule has 1 aromatic carbocycles. The number of hydrogen-bond donors (Lipinski definition) is 2. The maximum atomic E-state index is 14.0. The number of carbonyl (C=O) groups is 3. The highest BCUT2D eigenvalue weighted by Gasteiger charge is 2.36. The largest absolute Gasteiger partial charge is 0.481 e. The molecule has 1 unspecified atom stereocenters. The molecule has 0 spiro atoms. The van der Waals surface area contributed by atoms with E-state index < -0.39 is 35.1 Å². The van der Waals surface area contributed by atoms with Crippen LogP contribution in [-0.2, 0) is 9.59 Å². The monoisotopic (exact) mass is 267 g/mol. The van der Waals surface area contributed by atoms with Crippen LogP contribution in [0.1, 0.15) is 16.8 Å². The van der Waals surface area contributed by atoms with E-state index in [0.29, 0.717) is 0 Å². The van der Waals surface area contributed by atoms with Crippen LogP contribution in [0.2, 0.25) is 0 Å². The third-order valence-corrected chi connectivity index (χ3v) is 2.97. The minimum Gasteiger partial charge on any atom is -0.481 e. The van der Waals surface area contributed by atoms with Crippen molar-refractivity contribution in [2.24, 2.45) is 5.92 Å². The first kappa shape index (κ1) is 13.0. The van der Waals surface area contributed by atoms with Crippen LogP contribution in [0.25, 0.3) is 0 Å². The molecule has 2 rings (SSSR count). The average Bonchev–Trinajstić information content (AvgIpc) is 2.71. The predicted octanol–water partition coefficient (Wildman–Crippen LogP) is 0.961. The highest BCUT2D eigenvalue weighted by Crippen LogP contribution is 2.29. The lowest BCUT2D eigenvalue weighted by molar-refractivity contribution is -0.141. The Kier molecular flexibility index (Phi) is 3.20. The maximum Gasteiger partial charge on any atom is 0.338 e. The number of aliphatic carboxylic acids is 1. The Morgan fingerprint density at radius 1 is 1.32 bits per heavy atom. The number of benzene rings is 1. The fourth-order valence-corrected chi connectivity index (χ4v) is 2.00. The van der Waals surface area contributed by atoms with Crippen molar-refractivity contribution in [1.29, 1.82) is 0 Å². The van der Waals surface area contributed by atoms with Crippen LogP contribution in [0.4, 0.5) is 10.1 Å². The minimum atomic E-state index is -1.44. The zero-order valence-electron chi connectivity index (χ0n) is 9.67. The normalized spacial score (nSPS) is 18.7. The number of carboxylic acid groups (broad SMARTS) is 2. The molecule has 1 atom stereocenters. The van der Waals surface area contributed by atoms with Gasteiger partial charge in [-0.2, -0.15) is 0 Å². The van der Waals surface area contributed by atoms with E-state index in [1.807, 2.05) is 0 Å². The van der Waals surface area contributed by atoms with E-state index in [4.69, 9.17) is 10.2 Å². The van der Waals surface area contributed by atoms with Gasteiger partial charge in [-0.3, -0.25) is 9.59 Å². The summed E-state index contributed by atoms with van der Waals surface area (Å²) < 4.78 is 14.0. The van der Waals surface area contributed by atoms with Crippen LogP contribution in [0, 0.1) is 11.7 Å². The predicted molar refractivity (Wildman–Crippen MR) is 61.5 cm³/mol. The molecular weight excluding hydrogens is 257 g/mol. The first-order valence-corrected chi connectivity index (χ1v) is 5.46. The third kappa shape index (κ3) is 2.26. The standard InChI is InChI=1S/C12H10FNO5/c13-10-7(12(18)19)2-1-3-8(10)14-5-6(11(16)17)4-9(14)15/h1-3,6H,4-5H2,(H,16,17)(H,18,19). The molecule has 1 fully saturated rings. The molecule has 1 amide bonds. The lowest BCUT2D eigenvalue weighted by Crippen LogP contribution is -2.27. The molecule has 1 aliphatic rings. The van der Waals surface area contributed by atoms with Crippen molar-refractivity contribution in [3.63, 3.8) is 0 Å². The second-order valence-corrected chi connectivity index (χ2v) is 4.19. The molecule has 100 valence electrons. The van der Waals surface area contributed by atoms with E-state index in [1.54, 1.807) is 0 Å². The number of nitrogens with zero attached hydrogens (tertiary/aromatic N) is 1. The van der Waals surface area contributed by atoms with Gasteiger partial charge in [-0.15, -0.1) is 0 Å². The summed E-state index contributed by atoms with van der Waals surface area (Å²) in [6.07, 6.45) is -0.216. The molecule has 0 saturated carbocycles. The summed E-state index contributed by atoms with van der Waals surface area (Å²) in [5, 5.41) is 17.6. The molecule has 0 aliphatic carbocycles. The quantitative estimate of drug-likeness (QED) is 0.850. The van der Waals surface area contributed by atoms with Gasteiger partial charge < -0.3 is 15.1 Å². The van der Waals surface area contributed by atoms with Gasteiger partial charge >= 0.3 is 11.9 Å². The summed E-state index contributed by atoms with van der Waals surface area (Å²) in [5.41, 5.74) is -0.752. The number of hydrogen-bond acceptors (Lipinski definition) is 3. The Hall–Kier alpha value is -2.44. The third-order valence-electron chi connectivity index (χ3n) is 2.97. The second-order valence-electron chi connectivity index (χ2n) is 4.19. The van der Waals surface area contributed by atoms with E-state index in [-0.39, 0.29) is 18.7 Å². The molecule has 0 radical (unpaired) electrons. The Morgan fingerprint density at radius 2 is 2.00 bits per heavy atom. The van der Waals surface area contributed by atoms with Gasteiger partial charge in [0, 0.05) is 13.0 Å².